The highest BCUT2D eigenvalue weighted by atomic mass is 16.6. The number of esters is 3. The van der Waals surface area contributed by atoms with E-state index in [0.29, 0.717) is 32.4 Å². The number of anilines is 1. The van der Waals surface area contributed by atoms with Crippen LogP contribution >= 0.6 is 0 Å². The van der Waals surface area contributed by atoms with Gasteiger partial charge in [0, 0.05) is 82.0 Å². The molecule has 1 spiro atoms. The van der Waals surface area contributed by atoms with Crippen molar-refractivity contribution >= 4 is 35.4 Å². The highest BCUT2D eigenvalue weighted by Gasteiger charge is 2.92. The summed E-state index contributed by atoms with van der Waals surface area (Å²) < 4.78 is 30.9. The molecule has 14 heteroatoms. The fraction of sp³-hybridized carbons (Fsp3) is 0.718. The smallest absolute Gasteiger partial charge is 0.340 e. The number of fused-ring (bicyclic) bond motifs is 2. The van der Waals surface area contributed by atoms with Gasteiger partial charge in [-0.05, 0) is 43.9 Å². The Morgan fingerprint density at radius 2 is 1.74 bits per heavy atom. The van der Waals surface area contributed by atoms with Crippen LogP contribution in [-0.2, 0) is 42.9 Å². The minimum absolute atomic E-state index is 0.0559. The zero-order valence-corrected chi connectivity index (χ0v) is 31.1. The lowest BCUT2D eigenvalue weighted by Crippen LogP contribution is -2.82. The summed E-state index contributed by atoms with van der Waals surface area (Å²) >= 11 is 0. The highest BCUT2D eigenvalue weighted by Crippen LogP contribution is 2.80. The molecule has 3 unspecified atom stereocenters. The highest BCUT2D eigenvalue weighted by molar-refractivity contribution is 6.22. The third-order valence-electron chi connectivity index (χ3n) is 14.6. The number of nitrogens with zero attached hydrogens (tertiary/aromatic N) is 2. The molecule has 1 aromatic rings. The molecule has 14 nitrogen and oxygen atoms in total. The maximum absolute atomic E-state index is 14.1. The largest absolute Gasteiger partial charge is 0.462 e. The van der Waals surface area contributed by atoms with E-state index >= 15 is 0 Å². The van der Waals surface area contributed by atoms with E-state index in [4.69, 9.17) is 23.7 Å². The average Bonchev–Trinajstić information content (AvgIpc) is 3.62. The summed E-state index contributed by atoms with van der Waals surface area (Å²) in [6, 6.07) is 5.78. The molecule has 288 valence electrons. The second-order valence-electron chi connectivity index (χ2n) is 16.7. The van der Waals surface area contributed by atoms with Crippen molar-refractivity contribution in [1.82, 2.24) is 4.90 Å². The number of likely N-dealkylation sites (tertiary alicyclic amines) is 1. The molecule has 2 heterocycles. The number of imide groups is 1. The molecule has 8 rings (SSSR count). The molecule has 2 saturated heterocycles. The van der Waals surface area contributed by atoms with Crippen molar-refractivity contribution in [3.8, 4) is 0 Å². The fourth-order valence-electron chi connectivity index (χ4n) is 13.3. The van der Waals surface area contributed by atoms with E-state index in [9.17, 15) is 34.2 Å². The quantitative estimate of drug-likeness (QED) is 0.213. The SMILES string of the molecule is CCN1C[C@]2(COC(=O)c3ccccc3N3C(=O)C[C@H](C)C3=O)CC[C@H](OC)[C@@]34C5C[C@@H]6[C@@H](OC(C)=O)C[C@@](O)(C5[C@H]6OC(C)=O)[C@](O)([C@@H](OC)C23)[C@@H]14. The van der Waals surface area contributed by atoms with E-state index in [0.717, 1.165) is 4.90 Å². The maximum Gasteiger partial charge on any atom is 0.340 e. The fourth-order valence-corrected chi connectivity index (χ4v) is 13.3. The van der Waals surface area contributed by atoms with Crippen molar-refractivity contribution in [3.05, 3.63) is 29.8 Å². The number of aliphatic hydroxyl groups is 2. The first-order valence-electron chi connectivity index (χ1n) is 18.9. The lowest BCUT2D eigenvalue weighted by molar-refractivity contribution is -0.318. The number of piperidine rings is 1. The number of rotatable bonds is 9. The normalized spacial score (nSPS) is 44.9. The van der Waals surface area contributed by atoms with Gasteiger partial charge in [0.2, 0.25) is 11.8 Å². The van der Waals surface area contributed by atoms with Gasteiger partial charge in [-0.2, -0.15) is 0 Å². The van der Waals surface area contributed by atoms with Crippen LogP contribution in [0.5, 0.6) is 0 Å². The van der Waals surface area contributed by atoms with Gasteiger partial charge in [0.05, 0.1) is 36.1 Å². The molecule has 5 saturated carbocycles. The van der Waals surface area contributed by atoms with Crippen LogP contribution in [0.15, 0.2) is 24.3 Å². The van der Waals surface area contributed by atoms with Crippen LogP contribution in [0.25, 0.3) is 0 Å². The molecular formula is C39H50N2O12. The van der Waals surface area contributed by atoms with E-state index in [2.05, 4.69) is 4.90 Å². The number of likely N-dealkylation sites (N-methyl/N-ethyl adjacent to an activating group) is 1. The van der Waals surface area contributed by atoms with Gasteiger partial charge in [-0.1, -0.05) is 26.0 Å². The van der Waals surface area contributed by atoms with Gasteiger partial charge in [0.15, 0.2) is 0 Å². The van der Waals surface area contributed by atoms with Gasteiger partial charge in [-0.3, -0.25) is 24.1 Å². The van der Waals surface area contributed by atoms with Gasteiger partial charge in [0.1, 0.15) is 23.4 Å². The molecule has 0 aromatic heterocycles. The second kappa shape index (κ2) is 12.3. The summed E-state index contributed by atoms with van der Waals surface area (Å²) in [5.74, 6) is -4.99. The standard InChI is InChI=1S/C39H50N2O12/c1-7-40-17-36(18-51-34(46)22-10-8-9-11-25(22)41-28(44)14-19(2)33(41)45)13-12-27(49-5)38-24-15-23-26(52-20(3)42)16-37(47,29(24)30(23)53-21(4)43)39(48,35(38)40)32(50-6)31(36)38/h8-11,19,23-24,26-27,29-32,35,47-48H,7,12-18H2,1-6H3/t19-,23+,24?,26-,27-,29?,30-,31?,32-,35-,36-,37+,38-,39-/m0/s1. The van der Waals surface area contributed by atoms with Crippen LogP contribution in [0, 0.1) is 40.4 Å². The van der Waals surface area contributed by atoms with Crippen LogP contribution in [0.4, 0.5) is 5.69 Å². The number of methoxy groups -OCH3 is 2. The molecule has 7 fully saturated rings. The number of para-hydroxylation sites is 1. The predicted octanol–water partition coefficient (Wildman–Crippen LogP) is 1.87. The van der Waals surface area contributed by atoms with E-state index in [1.54, 1.807) is 38.3 Å². The van der Waals surface area contributed by atoms with Crippen molar-refractivity contribution in [2.75, 3.05) is 38.8 Å². The van der Waals surface area contributed by atoms with E-state index in [1.165, 1.54) is 21.0 Å². The van der Waals surface area contributed by atoms with E-state index < -0.39 is 94.1 Å². The summed E-state index contributed by atoms with van der Waals surface area (Å²) in [6.45, 7) is 7.14. The van der Waals surface area contributed by atoms with Crippen molar-refractivity contribution in [2.45, 2.75) is 101 Å². The average molecular weight is 739 g/mol. The topological polar surface area (TPSA) is 178 Å². The van der Waals surface area contributed by atoms with Crippen molar-refractivity contribution in [3.63, 3.8) is 0 Å². The molecule has 0 radical (unpaired) electrons. The molecule has 53 heavy (non-hydrogen) atoms. The summed E-state index contributed by atoms with van der Waals surface area (Å²) in [5.41, 5.74) is -5.22. The first-order valence-corrected chi connectivity index (χ1v) is 18.9. The zero-order chi connectivity index (χ0) is 38.0. The predicted molar refractivity (Wildman–Crippen MR) is 184 cm³/mol. The summed E-state index contributed by atoms with van der Waals surface area (Å²) in [5, 5.41) is 26.8. The minimum atomic E-state index is -1.94. The van der Waals surface area contributed by atoms with Gasteiger partial charge >= 0.3 is 17.9 Å². The Morgan fingerprint density at radius 1 is 1.02 bits per heavy atom. The molecule has 2 N–H and O–H groups in total. The lowest BCUT2D eigenvalue weighted by Gasteiger charge is -2.70. The molecule has 2 amide bonds. The van der Waals surface area contributed by atoms with Crippen molar-refractivity contribution < 1.29 is 57.9 Å². The Labute approximate surface area is 308 Å². The molecule has 14 atom stereocenters. The Balaban J connectivity index is 1.24. The summed E-state index contributed by atoms with van der Waals surface area (Å²) in [6.07, 6.45) is -1.48. The molecule has 7 aliphatic rings. The number of ether oxygens (including phenoxy) is 5. The van der Waals surface area contributed by atoms with Crippen LogP contribution < -0.4 is 4.90 Å². The van der Waals surface area contributed by atoms with E-state index in [1.807, 2.05) is 6.92 Å². The monoisotopic (exact) mass is 738 g/mol. The molecule has 7 bridgehead atoms. The Morgan fingerprint density at radius 3 is 2.36 bits per heavy atom. The number of carbonyl (C=O) groups excluding carboxylic acids is 5. The van der Waals surface area contributed by atoms with Gasteiger partial charge in [-0.15, -0.1) is 0 Å². The van der Waals surface area contributed by atoms with Gasteiger partial charge in [0.25, 0.3) is 0 Å². The number of hydrogen-bond donors (Lipinski definition) is 2. The van der Waals surface area contributed by atoms with Crippen molar-refractivity contribution in [2.24, 2.45) is 40.4 Å². The van der Waals surface area contributed by atoms with Gasteiger partial charge in [-0.25, -0.2) is 9.69 Å². The molecule has 5 aliphatic carbocycles. The Bertz CT molecular complexity index is 1750. The number of carbonyl (C=O) groups is 5. The lowest BCUT2D eigenvalue weighted by atomic mass is 9.42. The van der Waals surface area contributed by atoms with Crippen molar-refractivity contribution in [1.29, 1.82) is 0 Å². The Hall–Kier alpha value is -3.43. The van der Waals surface area contributed by atoms with Gasteiger partial charge < -0.3 is 33.9 Å². The van der Waals surface area contributed by atoms with E-state index in [-0.39, 0.29) is 48.4 Å². The van der Waals surface area contributed by atoms with Crippen LogP contribution in [0.3, 0.4) is 0 Å². The molecule has 1 aromatic carbocycles. The first kappa shape index (κ1) is 36.5. The van der Waals surface area contributed by atoms with Crippen LogP contribution in [0.1, 0.15) is 70.2 Å². The third-order valence-corrected chi connectivity index (χ3v) is 14.6. The third kappa shape index (κ3) is 4.53. The minimum Gasteiger partial charge on any atom is -0.462 e. The first-order chi connectivity index (χ1) is 25.2. The van der Waals surface area contributed by atoms with Crippen LogP contribution in [-0.4, -0.2) is 120 Å². The Kier molecular flexibility index (Phi) is 8.47. The molecule has 2 aliphatic heterocycles. The van der Waals surface area contributed by atoms with Crippen LogP contribution in [0.2, 0.25) is 0 Å². The second-order valence-corrected chi connectivity index (χ2v) is 16.7. The zero-order valence-electron chi connectivity index (χ0n) is 31.1. The summed E-state index contributed by atoms with van der Waals surface area (Å²) in [4.78, 5) is 68.3. The molecular weight excluding hydrogens is 688 g/mol. The maximum atomic E-state index is 14.1. The summed E-state index contributed by atoms with van der Waals surface area (Å²) in [7, 11) is 3.17. The number of amides is 2. The number of benzene rings is 1. The number of hydrogen-bond acceptors (Lipinski definition) is 13.